The van der Waals surface area contributed by atoms with Gasteiger partial charge in [0.15, 0.2) is 9.84 Å². The highest BCUT2D eigenvalue weighted by Crippen LogP contribution is 2.19. The molecule has 6 heteroatoms. The summed E-state index contributed by atoms with van der Waals surface area (Å²) in [6.45, 7) is 7.63. The van der Waals surface area contributed by atoms with E-state index >= 15 is 0 Å². The van der Waals surface area contributed by atoms with Gasteiger partial charge in [0, 0.05) is 24.7 Å². The van der Waals surface area contributed by atoms with E-state index in [1.165, 1.54) is 5.56 Å². The number of nitrogens with zero attached hydrogens (tertiary/aromatic N) is 1. The number of rotatable bonds is 7. The van der Waals surface area contributed by atoms with E-state index in [9.17, 15) is 13.2 Å². The molecule has 0 saturated carbocycles. The van der Waals surface area contributed by atoms with Crippen LogP contribution < -0.4 is 5.32 Å². The molecule has 1 aromatic rings. The molecule has 1 amide bonds. The number of nitrogens with one attached hydrogen (secondary N) is 1. The van der Waals surface area contributed by atoms with Gasteiger partial charge in [-0.1, -0.05) is 32.9 Å². The van der Waals surface area contributed by atoms with Crippen molar-refractivity contribution in [2.24, 2.45) is 0 Å². The molecule has 0 aromatic heterocycles. The summed E-state index contributed by atoms with van der Waals surface area (Å²) >= 11 is 0. The normalized spacial score (nSPS) is 19.8. The zero-order valence-corrected chi connectivity index (χ0v) is 15.6. The fraction of sp³-hybridized carbons (Fsp3) is 0.611. The number of amides is 1. The van der Waals surface area contributed by atoms with Gasteiger partial charge in [-0.15, -0.1) is 0 Å². The first-order chi connectivity index (χ1) is 11.3. The standard InChI is InChI=1S/C18H28N2O3S/c1-4-20(17-10-12-24(22,23)13-17)11-9-18(21)19-16-7-5-15(6-8-16)14(2)3/h5-8,14,17H,4,9-13H2,1-3H3,(H,19,21). The predicted octanol–water partition coefficient (Wildman–Crippen LogP) is 2.65. The van der Waals surface area contributed by atoms with Crippen LogP contribution >= 0.6 is 0 Å². The van der Waals surface area contributed by atoms with Crippen molar-refractivity contribution in [1.29, 1.82) is 0 Å². The predicted molar refractivity (Wildman–Crippen MR) is 98.1 cm³/mol. The van der Waals surface area contributed by atoms with Crippen molar-refractivity contribution in [2.75, 3.05) is 29.9 Å². The van der Waals surface area contributed by atoms with Gasteiger partial charge in [-0.25, -0.2) is 8.42 Å². The lowest BCUT2D eigenvalue weighted by molar-refractivity contribution is -0.116. The maximum Gasteiger partial charge on any atom is 0.225 e. The first kappa shape index (κ1) is 18.9. The van der Waals surface area contributed by atoms with Crippen LogP contribution in [0.2, 0.25) is 0 Å². The molecule has 1 atom stereocenters. The van der Waals surface area contributed by atoms with Crippen molar-refractivity contribution in [1.82, 2.24) is 4.90 Å². The van der Waals surface area contributed by atoms with Gasteiger partial charge >= 0.3 is 0 Å². The van der Waals surface area contributed by atoms with Gasteiger partial charge in [0.05, 0.1) is 11.5 Å². The molecule has 0 spiro atoms. The second-order valence-electron chi connectivity index (χ2n) is 6.76. The van der Waals surface area contributed by atoms with Gasteiger partial charge in [0.2, 0.25) is 5.91 Å². The summed E-state index contributed by atoms with van der Waals surface area (Å²) in [6, 6.07) is 7.96. The van der Waals surface area contributed by atoms with E-state index < -0.39 is 9.84 Å². The number of sulfone groups is 1. The largest absolute Gasteiger partial charge is 0.326 e. The molecule has 1 aliphatic heterocycles. The van der Waals surface area contributed by atoms with Crippen LogP contribution in [0.25, 0.3) is 0 Å². The van der Waals surface area contributed by atoms with Gasteiger partial charge in [-0.3, -0.25) is 9.69 Å². The summed E-state index contributed by atoms with van der Waals surface area (Å²) in [5, 5.41) is 2.91. The number of anilines is 1. The average molecular weight is 353 g/mol. The number of benzene rings is 1. The minimum Gasteiger partial charge on any atom is -0.326 e. The number of hydrogen-bond acceptors (Lipinski definition) is 4. The summed E-state index contributed by atoms with van der Waals surface area (Å²) in [6.07, 6.45) is 1.05. The Morgan fingerprint density at radius 3 is 2.46 bits per heavy atom. The lowest BCUT2D eigenvalue weighted by Crippen LogP contribution is -2.38. The molecule has 1 saturated heterocycles. The SMILES string of the molecule is CCN(CCC(=O)Nc1ccc(C(C)C)cc1)C1CCS(=O)(=O)C1. The number of hydrogen-bond donors (Lipinski definition) is 1. The fourth-order valence-corrected chi connectivity index (χ4v) is 4.84. The molecular formula is C18H28N2O3S. The Kier molecular flexibility index (Phi) is 6.40. The molecule has 2 rings (SSSR count). The highest BCUT2D eigenvalue weighted by atomic mass is 32.2. The van der Waals surface area contributed by atoms with Crippen LogP contribution in [0.15, 0.2) is 24.3 Å². The van der Waals surface area contributed by atoms with E-state index in [2.05, 4.69) is 24.1 Å². The Bertz CT molecular complexity index is 653. The van der Waals surface area contributed by atoms with E-state index in [0.717, 1.165) is 12.2 Å². The average Bonchev–Trinajstić information content (AvgIpc) is 2.88. The summed E-state index contributed by atoms with van der Waals surface area (Å²) in [5.41, 5.74) is 2.04. The Balaban J connectivity index is 1.83. The molecule has 0 aliphatic carbocycles. The molecule has 1 aliphatic rings. The van der Waals surface area contributed by atoms with E-state index in [0.29, 0.717) is 25.3 Å². The van der Waals surface area contributed by atoms with Crippen LogP contribution in [0.5, 0.6) is 0 Å². The minimum absolute atomic E-state index is 0.0356. The molecular weight excluding hydrogens is 324 g/mol. The summed E-state index contributed by atoms with van der Waals surface area (Å²) < 4.78 is 23.2. The van der Waals surface area contributed by atoms with Crippen LogP contribution in [-0.4, -0.2) is 49.9 Å². The zero-order chi connectivity index (χ0) is 17.7. The molecule has 0 bridgehead atoms. The van der Waals surface area contributed by atoms with Gasteiger partial charge in [0.25, 0.3) is 0 Å². The summed E-state index contributed by atoms with van der Waals surface area (Å²) in [7, 11) is -2.89. The fourth-order valence-electron chi connectivity index (χ4n) is 3.08. The van der Waals surface area contributed by atoms with E-state index in [1.54, 1.807) is 0 Å². The van der Waals surface area contributed by atoms with Crippen molar-refractivity contribution in [3.05, 3.63) is 29.8 Å². The third-order valence-corrected chi connectivity index (χ3v) is 6.37. The quantitative estimate of drug-likeness (QED) is 0.819. The van der Waals surface area contributed by atoms with Crippen molar-refractivity contribution >= 4 is 21.4 Å². The van der Waals surface area contributed by atoms with Crippen molar-refractivity contribution in [3.8, 4) is 0 Å². The summed E-state index contributed by atoms with van der Waals surface area (Å²) in [4.78, 5) is 14.2. The molecule has 134 valence electrons. The minimum atomic E-state index is -2.89. The molecule has 1 fully saturated rings. The Morgan fingerprint density at radius 1 is 1.29 bits per heavy atom. The van der Waals surface area contributed by atoms with E-state index in [1.807, 2.05) is 31.2 Å². The van der Waals surface area contributed by atoms with Gasteiger partial charge in [-0.05, 0) is 36.6 Å². The van der Waals surface area contributed by atoms with Gasteiger partial charge in [0.1, 0.15) is 0 Å². The third-order valence-electron chi connectivity index (χ3n) is 4.62. The number of carbonyl (C=O) groups excluding carboxylic acids is 1. The smallest absolute Gasteiger partial charge is 0.225 e. The van der Waals surface area contributed by atoms with Crippen molar-refractivity contribution < 1.29 is 13.2 Å². The zero-order valence-electron chi connectivity index (χ0n) is 14.8. The van der Waals surface area contributed by atoms with Crippen molar-refractivity contribution in [2.45, 2.75) is 45.6 Å². The molecule has 1 heterocycles. The molecule has 24 heavy (non-hydrogen) atoms. The highest BCUT2D eigenvalue weighted by molar-refractivity contribution is 7.91. The lowest BCUT2D eigenvalue weighted by atomic mass is 10.0. The number of carbonyl (C=O) groups is 1. The van der Waals surface area contributed by atoms with Crippen LogP contribution in [0.1, 0.15) is 45.1 Å². The topological polar surface area (TPSA) is 66.5 Å². The molecule has 1 aromatic carbocycles. The highest BCUT2D eigenvalue weighted by Gasteiger charge is 2.31. The molecule has 0 radical (unpaired) electrons. The molecule has 5 nitrogen and oxygen atoms in total. The third kappa shape index (κ3) is 5.31. The van der Waals surface area contributed by atoms with Crippen LogP contribution in [0.3, 0.4) is 0 Å². The second kappa shape index (κ2) is 8.12. The van der Waals surface area contributed by atoms with E-state index in [-0.39, 0.29) is 23.5 Å². The second-order valence-corrected chi connectivity index (χ2v) is 8.99. The maximum absolute atomic E-state index is 12.1. The molecule has 1 unspecified atom stereocenters. The van der Waals surface area contributed by atoms with Gasteiger partial charge in [-0.2, -0.15) is 0 Å². The van der Waals surface area contributed by atoms with Crippen LogP contribution in [-0.2, 0) is 14.6 Å². The van der Waals surface area contributed by atoms with Crippen molar-refractivity contribution in [3.63, 3.8) is 0 Å². The van der Waals surface area contributed by atoms with Gasteiger partial charge < -0.3 is 5.32 Å². The lowest BCUT2D eigenvalue weighted by Gasteiger charge is -2.26. The Labute approximate surface area is 145 Å². The first-order valence-electron chi connectivity index (χ1n) is 8.65. The molecule has 1 N–H and O–H groups in total. The Hall–Kier alpha value is -1.40. The Morgan fingerprint density at radius 2 is 1.96 bits per heavy atom. The van der Waals surface area contributed by atoms with Crippen LogP contribution in [0.4, 0.5) is 5.69 Å². The van der Waals surface area contributed by atoms with E-state index in [4.69, 9.17) is 0 Å². The maximum atomic E-state index is 12.1. The first-order valence-corrected chi connectivity index (χ1v) is 10.5. The van der Waals surface area contributed by atoms with Crippen LogP contribution in [0, 0.1) is 0 Å². The monoisotopic (exact) mass is 352 g/mol. The summed E-state index contributed by atoms with van der Waals surface area (Å²) in [5.74, 6) is 0.920.